The molecule has 0 bridgehead atoms. The molecule has 0 aromatic carbocycles. The highest BCUT2D eigenvalue weighted by Gasteiger charge is 2.18. The van der Waals surface area contributed by atoms with E-state index in [1.54, 1.807) is 10.7 Å². The van der Waals surface area contributed by atoms with Crippen molar-refractivity contribution in [2.45, 2.75) is 13.0 Å². The lowest BCUT2D eigenvalue weighted by Gasteiger charge is -2.33. The Balaban J connectivity index is 1.62. The third kappa shape index (κ3) is 3.02. The van der Waals surface area contributed by atoms with Crippen molar-refractivity contribution in [2.24, 2.45) is 5.92 Å². The first kappa shape index (κ1) is 13.6. The first-order valence-electron chi connectivity index (χ1n) is 7.44. The Labute approximate surface area is 119 Å². The van der Waals surface area contributed by atoms with Gasteiger partial charge in [0.1, 0.15) is 0 Å². The summed E-state index contributed by atoms with van der Waals surface area (Å²) in [6, 6.07) is 1.73. The fraction of sp³-hybridized carbons (Fsp3) is 0.714. The van der Waals surface area contributed by atoms with Crippen molar-refractivity contribution in [3.63, 3.8) is 0 Å². The summed E-state index contributed by atoms with van der Waals surface area (Å²) < 4.78 is 1.60. The quantitative estimate of drug-likeness (QED) is 0.812. The van der Waals surface area contributed by atoms with Crippen LogP contribution in [0.15, 0.2) is 17.1 Å². The van der Waals surface area contributed by atoms with E-state index in [4.69, 9.17) is 0 Å². The average Bonchev–Trinajstić information content (AvgIpc) is 2.39. The van der Waals surface area contributed by atoms with Gasteiger partial charge >= 0.3 is 0 Å². The van der Waals surface area contributed by atoms with Crippen LogP contribution in [0.2, 0.25) is 0 Å². The largest absolute Gasteiger partial charge is 0.368 e. The van der Waals surface area contributed by atoms with Crippen molar-refractivity contribution >= 4 is 5.69 Å². The van der Waals surface area contributed by atoms with Gasteiger partial charge < -0.3 is 15.1 Å². The van der Waals surface area contributed by atoms with Gasteiger partial charge in [-0.25, -0.2) is 4.68 Å². The van der Waals surface area contributed by atoms with Crippen molar-refractivity contribution < 1.29 is 0 Å². The predicted octanol–water partition coefficient (Wildman–Crippen LogP) is -0.395. The SMILES string of the molecule is CN1CCN(c2cnn(CCC3CNC3)c(=O)c2)CC1. The molecule has 0 saturated carbocycles. The maximum Gasteiger partial charge on any atom is 0.268 e. The lowest BCUT2D eigenvalue weighted by Crippen LogP contribution is -2.45. The normalized spacial score (nSPS) is 20.9. The van der Waals surface area contributed by atoms with Gasteiger partial charge in [0.05, 0.1) is 11.9 Å². The Morgan fingerprint density at radius 2 is 2.05 bits per heavy atom. The molecule has 110 valence electrons. The van der Waals surface area contributed by atoms with Gasteiger partial charge in [-0.05, 0) is 32.5 Å². The van der Waals surface area contributed by atoms with Crippen LogP contribution in [0.4, 0.5) is 5.69 Å². The molecule has 3 rings (SSSR count). The summed E-state index contributed by atoms with van der Waals surface area (Å²) in [5.41, 5.74) is 0.985. The van der Waals surface area contributed by atoms with Gasteiger partial charge in [-0.1, -0.05) is 0 Å². The van der Waals surface area contributed by atoms with E-state index >= 15 is 0 Å². The highest BCUT2D eigenvalue weighted by Crippen LogP contribution is 2.13. The molecule has 0 atom stereocenters. The van der Waals surface area contributed by atoms with Gasteiger partial charge in [0.15, 0.2) is 0 Å². The molecule has 1 N–H and O–H groups in total. The third-order valence-corrected chi connectivity index (χ3v) is 4.34. The number of piperazine rings is 1. The van der Waals surface area contributed by atoms with Gasteiger partial charge in [0.2, 0.25) is 0 Å². The van der Waals surface area contributed by atoms with Crippen LogP contribution in [-0.2, 0) is 6.54 Å². The van der Waals surface area contributed by atoms with Crippen LogP contribution in [0.25, 0.3) is 0 Å². The number of rotatable bonds is 4. The summed E-state index contributed by atoms with van der Waals surface area (Å²) in [6.07, 6.45) is 2.87. The summed E-state index contributed by atoms with van der Waals surface area (Å²) in [5, 5.41) is 7.58. The lowest BCUT2D eigenvalue weighted by molar-refractivity contribution is 0.303. The number of nitrogens with one attached hydrogen (secondary N) is 1. The van der Waals surface area contributed by atoms with Crippen LogP contribution in [0.3, 0.4) is 0 Å². The minimum atomic E-state index is 0.0220. The van der Waals surface area contributed by atoms with E-state index < -0.39 is 0 Å². The standard InChI is InChI=1S/C14H23N5O/c1-17-4-6-18(7-5-17)13-8-14(20)19(16-11-13)3-2-12-9-15-10-12/h8,11-12,15H,2-7,9-10H2,1H3. The maximum absolute atomic E-state index is 12.1. The molecule has 1 aromatic heterocycles. The van der Waals surface area contributed by atoms with Crippen LogP contribution in [-0.4, -0.2) is 61.0 Å². The zero-order valence-corrected chi connectivity index (χ0v) is 12.1. The fourth-order valence-corrected chi connectivity index (χ4v) is 2.69. The van der Waals surface area contributed by atoms with Crippen molar-refractivity contribution in [2.75, 3.05) is 51.2 Å². The van der Waals surface area contributed by atoms with Gasteiger partial charge in [0.25, 0.3) is 5.56 Å². The second-order valence-corrected chi connectivity index (χ2v) is 5.88. The van der Waals surface area contributed by atoms with Crippen molar-refractivity contribution in [3.05, 3.63) is 22.6 Å². The van der Waals surface area contributed by atoms with E-state index in [0.29, 0.717) is 5.92 Å². The first-order valence-corrected chi connectivity index (χ1v) is 7.44. The van der Waals surface area contributed by atoms with E-state index in [-0.39, 0.29) is 5.56 Å². The number of likely N-dealkylation sites (N-methyl/N-ethyl adjacent to an activating group) is 1. The van der Waals surface area contributed by atoms with Crippen LogP contribution in [0, 0.1) is 5.92 Å². The molecule has 0 radical (unpaired) electrons. The molecule has 20 heavy (non-hydrogen) atoms. The minimum Gasteiger partial charge on any atom is -0.368 e. The summed E-state index contributed by atoms with van der Waals surface area (Å²) in [7, 11) is 2.13. The lowest BCUT2D eigenvalue weighted by atomic mass is 10.00. The smallest absolute Gasteiger partial charge is 0.268 e. The number of anilines is 1. The molecular weight excluding hydrogens is 254 g/mol. The maximum atomic E-state index is 12.1. The monoisotopic (exact) mass is 277 g/mol. The predicted molar refractivity (Wildman–Crippen MR) is 79.2 cm³/mol. The number of nitrogens with zero attached hydrogens (tertiary/aromatic N) is 4. The van der Waals surface area contributed by atoms with E-state index in [9.17, 15) is 4.79 Å². The molecule has 6 heteroatoms. The molecule has 0 amide bonds. The third-order valence-electron chi connectivity index (χ3n) is 4.34. The summed E-state index contributed by atoms with van der Waals surface area (Å²) in [4.78, 5) is 16.7. The fourth-order valence-electron chi connectivity index (χ4n) is 2.69. The summed E-state index contributed by atoms with van der Waals surface area (Å²) >= 11 is 0. The van der Waals surface area contributed by atoms with Crippen molar-refractivity contribution in [1.29, 1.82) is 0 Å². The summed E-state index contributed by atoms with van der Waals surface area (Å²) in [6.45, 7) is 6.90. The van der Waals surface area contributed by atoms with Crippen LogP contribution >= 0.6 is 0 Å². The number of hydrogen-bond donors (Lipinski definition) is 1. The molecule has 2 fully saturated rings. The molecule has 6 nitrogen and oxygen atoms in total. The van der Waals surface area contributed by atoms with E-state index in [1.807, 2.05) is 6.20 Å². The number of hydrogen-bond acceptors (Lipinski definition) is 5. The van der Waals surface area contributed by atoms with Gasteiger partial charge in [-0.2, -0.15) is 5.10 Å². The van der Waals surface area contributed by atoms with Gasteiger partial charge in [0, 0.05) is 38.8 Å². The van der Waals surface area contributed by atoms with E-state index in [2.05, 4.69) is 27.3 Å². The Hall–Kier alpha value is -1.40. The first-order chi connectivity index (χ1) is 9.72. The minimum absolute atomic E-state index is 0.0220. The second kappa shape index (κ2) is 5.93. The number of aryl methyl sites for hydroxylation is 1. The molecule has 2 aliphatic heterocycles. The Kier molecular flexibility index (Phi) is 4.03. The molecule has 0 aliphatic carbocycles. The van der Waals surface area contributed by atoms with Crippen LogP contribution in [0.5, 0.6) is 0 Å². The van der Waals surface area contributed by atoms with Crippen molar-refractivity contribution in [3.8, 4) is 0 Å². The Bertz CT molecular complexity index is 503. The molecule has 0 spiro atoms. The van der Waals surface area contributed by atoms with Crippen LogP contribution < -0.4 is 15.8 Å². The highest BCUT2D eigenvalue weighted by molar-refractivity contribution is 5.43. The van der Waals surface area contributed by atoms with Crippen LogP contribution in [0.1, 0.15) is 6.42 Å². The van der Waals surface area contributed by atoms with Crippen molar-refractivity contribution in [1.82, 2.24) is 20.0 Å². The molecule has 3 heterocycles. The topological polar surface area (TPSA) is 53.4 Å². The second-order valence-electron chi connectivity index (χ2n) is 5.88. The van der Waals surface area contributed by atoms with E-state index in [0.717, 1.165) is 57.9 Å². The zero-order valence-electron chi connectivity index (χ0n) is 12.1. The molecule has 0 unspecified atom stereocenters. The average molecular weight is 277 g/mol. The Morgan fingerprint density at radius 3 is 2.65 bits per heavy atom. The van der Waals surface area contributed by atoms with Gasteiger partial charge in [-0.3, -0.25) is 4.79 Å². The summed E-state index contributed by atoms with van der Waals surface area (Å²) in [5.74, 6) is 0.709. The van der Waals surface area contributed by atoms with Gasteiger partial charge in [-0.15, -0.1) is 0 Å². The molecule has 2 aliphatic rings. The molecule has 2 saturated heterocycles. The van der Waals surface area contributed by atoms with E-state index in [1.165, 1.54) is 0 Å². The Morgan fingerprint density at radius 1 is 1.30 bits per heavy atom. The molecular formula is C14H23N5O. The molecule has 1 aromatic rings. The highest BCUT2D eigenvalue weighted by atomic mass is 16.1. The zero-order chi connectivity index (χ0) is 13.9. The number of aromatic nitrogens is 2.